The van der Waals surface area contributed by atoms with Gasteiger partial charge >= 0.3 is 0 Å². The van der Waals surface area contributed by atoms with Crippen molar-refractivity contribution >= 4 is 5.91 Å². The number of rotatable bonds is 5. The number of aromatic nitrogens is 2. The summed E-state index contributed by atoms with van der Waals surface area (Å²) >= 11 is 0. The molecule has 0 atom stereocenters. The molecule has 1 saturated heterocycles. The van der Waals surface area contributed by atoms with Crippen LogP contribution in [0.3, 0.4) is 0 Å². The number of amides is 1. The first-order valence-electron chi connectivity index (χ1n) is 8.73. The van der Waals surface area contributed by atoms with Gasteiger partial charge in [-0.25, -0.2) is 4.98 Å². The SMILES string of the molecule is Cn1ccnc1CN1CCN(CC(=O)NC2(C#N)CCCC2)CC1. The molecule has 24 heavy (non-hydrogen) atoms. The van der Waals surface area contributed by atoms with Crippen LogP contribution in [-0.4, -0.2) is 63.5 Å². The number of hydrogen-bond donors (Lipinski definition) is 1. The van der Waals surface area contributed by atoms with Crippen molar-refractivity contribution in [1.29, 1.82) is 5.26 Å². The summed E-state index contributed by atoms with van der Waals surface area (Å²) < 4.78 is 2.04. The molecule has 7 heteroatoms. The van der Waals surface area contributed by atoms with E-state index in [2.05, 4.69) is 26.2 Å². The Morgan fingerprint density at radius 3 is 2.54 bits per heavy atom. The van der Waals surface area contributed by atoms with Crippen LogP contribution in [0.5, 0.6) is 0 Å². The number of carbonyl (C=O) groups is 1. The van der Waals surface area contributed by atoms with Crippen molar-refractivity contribution in [2.75, 3.05) is 32.7 Å². The molecule has 2 fully saturated rings. The monoisotopic (exact) mass is 330 g/mol. The Labute approximate surface area is 143 Å². The van der Waals surface area contributed by atoms with Crippen LogP contribution in [0.4, 0.5) is 0 Å². The van der Waals surface area contributed by atoms with Crippen LogP contribution in [0, 0.1) is 11.3 Å². The Bertz CT molecular complexity index is 605. The highest BCUT2D eigenvalue weighted by atomic mass is 16.2. The Balaban J connectivity index is 1.43. The molecule has 1 N–H and O–H groups in total. The molecule has 3 rings (SSSR count). The summed E-state index contributed by atoms with van der Waals surface area (Å²) in [6.45, 7) is 4.85. The molecule has 1 amide bonds. The molecule has 1 aromatic heterocycles. The van der Waals surface area contributed by atoms with Crippen molar-refractivity contribution in [1.82, 2.24) is 24.7 Å². The summed E-state index contributed by atoms with van der Waals surface area (Å²) in [7, 11) is 2.01. The number of nitrogens with one attached hydrogen (secondary N) is 1. The molecule has 0 radical (unpaired) electrons. The fraction of sp³-hybridized carbons (Fsp3) is 0.706. The Kier molecular flexibility index (Phi) is 5.17. The second kappa shape index (κ2) is 7.32. The molecule has 2 aliphatic rings. The standard InChI is InChI=1S/C17H26N6O/c1-21-7-6-19-15(21)12-22-8-10-23(11-9-22)13-16(24)20-17(14-18)4-2-3-5-17/h6-7H,2-5,8-13H2,1H3,(H,20,24). The molecule has 130 valence electrons. The van der Waals surface area contributed by atoms with Gasteiger partial charge in [0.2, 0.25) is 5.91 Å². The largest absolute Gasteiger partial charge is 0.337 e. The van der Waals surface area contributed by atoms with Crippen LogP contribution in [0.2, 0.25) is 0 Å². The zero-order valence-electron chi connectivity index (χ0n) is 14.4. The van der Waals surface area contributed by atoms with E-state index in [1.807, 2.05) is 24.0 Å². The van der Waals surface area contributed by atoms with Crippen LogP contribution in [-0.2, 0) is 18.4 Å². The van der Waals surface area contributed by atoms with Gasteiger partial charge in [-0.15, -0.1) is 0 Å². The van der Waals surface area contributed by atoms with E-state index in [0.29, 0.717) is 6.54 Å². The number of nitrogens with zero attached hydrogens (tertiary/aromatic N) is 5. The van der Waals surface area contributed by atoms with Gasteiger partial charge in [0.25, 0.3) is 0 Å². The quantitative estimate of drug-likeness (QED) is 0.850. The van der Waals surface area contributed by atoms with Gasteiger partial charge in [0.15, 0.2) is 0 Å². The number of imidazole rings is 1. The van der Waals surface area contributed by atoms with Crippen molar-refractivity contribution in [3.8, 4) is 6.07 Å². The maximum Gasteiger partial charge on any atom is 0.235 e. The van der Waals surface area contributed by atoms with E-state index in [9.17, 15) is 10.1 Å². The van der Waals surface area contributed by atoms with Crippen LogP contribution in [0.1, 0.15) is 31.5 Å². The lowest BCUT2D eigenvalue weighted by molar-refractivity contribution is -0.124. The lowest BCUT2D eigenvalue weighted by atomic mass is 10.00. The molecule has 0 unspecified atom stereocenters. The maximum atomic E-state index is 12.3. The second-order valence-corrected chi connectivity index (χ2v) is 6.96. The van der Waals surface area contributed by atoms with Gasteiger partial charge in [0.1, 0.15) is 11.4 Å². The minimum absolute atomic E-state index is 0.0176. The van der Waals surface area contributed by atoms with E-state index in [1.165, 1.54) is 0 Å². The highest BCUT2D eigenvalue weighted by Gasteiger charge is 2.35. The minimum Gasteiger partial charge on any atom is -0.337 e. The number of piperazine rings is 1. The van der Waals surface area contributed by atoms with Crippen molar-refractivity contribution in [3.05, 3.63) is 18.2 Å². The number of aryl methyl sites for hydroxylation is 1. The third-order valence-electron chi connectivity index (χ3n) is 5.17. The lowest BCUT2D eigenvalue weighted by Gasteiger charge is -2.34. The molecule has 0 bridgehead atoms. The van der Waals surface area contributed by atoms with Gasteiger partial charge < -0.3 is 9.88 Å². The second-order valence-electron chi connectivity index (χ2n) is 6.96. The highest BCUT2D eigenvalue weighted by molar-refractivity contribution is 5.79. The zero-order chi connectivity index (χ0) is 17.0. The van der Waals surface area contributed by atoms with E-state index >= 15 is 0 Å². The minimum atomic E-state index is -0.614. The molecule has 2 heterocycles. The number of nitriles is 1. The zero-order valence-corrected chi connectivity index (χ0v) is 14.4. The molecule has 1 aliphatic carbocycles. The van der Waals surface area contributed by atoms with Crippen molar-refractivity contribution in [2.24, 2.45) is 7.05 Å². The van der Waals surface area contributed by atoms with Crippen molar-refractivity contribution in [2.45, 2.75) is 37.8 Å². The van der Waals surface area contributed by atoms with Crippen LogP contribution in [0.25, 0.3) is 0 Å². The lowest BCUT2D eigenvalue weighted by Crippen LogP contribution is -2.52. The number of carbonyl (C=O) groups excluding carboxylic acids is 1. The van der Waals surface area contributed by atoms with Gasteiger partial charge in [-0.05, 0) is 25.7 Å². The smallest absolute Gasteiger partial charge is 0.235 e. The van der Waals surface area contributed by atoms with Gasteiger partial charge in [-0.3, -0.25) is 14.6 Å². The average molecular weight is 330 g/mol. The Morgan fingerprint density at radius 2 is 1.96 bits per heavy atom. The van der Waals surface area contributed by atoms with E-state index in [0.717, 1.165) is 64.2 Å². The topological polar surface area (TPSA) is 77.2 Å². The predicted molar refractivity (Wildman–Crippen MR) is 89.9 cm³/mol. The summed E-state index contributed by atoms with van der Waals surface area (Å²) in [4.78, 5) is 21.2. The van der Waals surface area contributed by atoms with E-state index in [-0.39, 0.29) is 5.91 Å². The average Bonchev–Trinajstić information content (AvgIpc) is 3.19. The first-order valence-corrected chi connectivity index (χ1v) is 8.73. The maximum absolute atomic E-state index is 12.3. The third kappa shape index (κ3) is 3.94. The van der Waals surface area contributed by atoms with E-state index in [1.54, 1.807) is 0 Å². The first-order chi connectivity index (χ1) is 11.6. The molecular weight excluding hydrogens is 304 g/mol. The summed E-state index contributed by atoms with van der Waals surface area (Å²) in [5.41, 5.74) is -0.614. The predicted octanol–water partition coefficient (Wildman–Crippen LogP) is 0.490. The van der Waals surface area contributed by atoms with Gasteiger partial charge in [0, 0.05) is 45.6 Å². The van der Waals surface area contributed by atoms with Gasteiger partial charge in [-0.1, -0.05) is 0 Å². The van der Waals surface area contributed by atoms with Gasteiger partial charge in [0.05, 0.1) is 19.2 Å². The molecular formula is C17H26N6O. The Hall–Kier alpha value is -1.91. The van der Waals surface area contributed by atoms with Crippen LogP contribution >= 0.6 is 0 Å². The summed E-state index contributed by atoms with van der Waals surface area (Å²) in [6.07, 6.45) is 7.41. The van der Waals surface area contributed by atoms with E-state index < -0.39 is 5.54 Å². The summed E-state index contributed by atoms with van der Waals surface area (Å²) in [6, 6.07) is 2.31. The van der Waals surface area contributed by atoms with Crippen molar-refractivity contribution in [3.63, 3.8) is 0 Å². The fourth-order valence-electron chi connectivity index (χ4n) is 3.61. The molecule has 1 aliphatic heterocycles. The van der Waals surface area contributed by atoms with Gasteiger partial charge in [-0.2, -0.15) is 5.26 Å². The third-order valence-corrected chi connectivity index (χ3v) is 5.17. The van der Waals surface area contributed by atoms with Crippen LogP contribution < -0.4 is 5.32 Å². The molecule has 1 saturated carbocycles. The van der Waals surface area contributed by atoms with Crippen molar-refractivity contribution < 1.29 is 4.79 Å². The molecule has 1 aromatic rings. The summed E-state index contributed by atoms with van der Waals surface area (Å²) in [5.74, 6) is 1.05. The van der Waals surface area contributed by atoms with Crippen LogP contribution in [0.15, 0.2) is 12.4 Å². The Morgan fingerprint density at radius 1 is 1.29 bits per heavy atom. The highest BCUT2D eigenvalue weighted by Crippen LogP contribution is 2.28. The molecule has 0 spiro atoms. The number of hydrogen-bond acceptors (Lipinski definition) is 5. The van der Waals surface area contributed by atoms with E-state index in [4.69, 9.17) is 0 Å². The molecule has 7 nitrogen and oxygen atoms in total. The normalized spacial score (nSPS) is 21.5. The molecule has 0 aromatic carbocycles. The summed E-state index contributed by atoms with van der Waals surface area (Å²) in [5, 5.41) is 12.3. The fourth-order valence-corrected chi connectivity index (χ4v) is 3.61. The first kappa shape index (κ1) is 16.9.